The SMILES string of the molecule is O=S(O)c1ccc(NCc2cnc(Cl)s2)cc1. The molecule has 7 heteroatoms. The van der Waals surface area contributed by atoms with Gasteiger partial charge in [0.1, 0.15) is 0 Å². The number of anilines is 1. The van der Waals surface area contributed by atoms with Crippen LogP contribution in [0.1, 0.15) is 4.88 Å². The molecule has 1 heterocycles. The minimum atomic E-state index is -1.93. The Morgan fingerprint density at radius 3 is 2.65 bits per heavy atom. The highest BCUT2D eigenvalue weighted by atomic mass is 35.5. The van der Waals surface area contributed by atoms with Crippen LogP contribution in [0.15, 0.2) is 35.4 Å². The molecule has 17 heavy (non-hydrogen) atoms. The van der Waals surface area contributed by atoms with E-state index in [0.29, 0.717) is 15.9 Å². The maximum atomic E-state index is 10.8. The zero-order valence-corrected chi connectivity index (χ0v) is 11.0. The Morgan fingerprint density at radius 1 is 1.41 bits per heavy atom. The molecule has 0 amide bonds. The fourth-order valence-electron chi connectivity index (χ4n) is 1.24. The Morgan fingerprint density at radius 2 is 2.12 bits per heavy atom. The van der Waals surface area contributed by atoms with E-state index in [1.807, 2.05) is 0 Å². The van der Waals surface area contributed by atoms with Crippen molar-refractivity contribution in [2.75, 3.05) is 5.32 Å². The Balaban J connectivity index is 1.97. The fraction of sp³-hybridized carbons (Fsp3) is 0.100. The lowest BCUT2D eigenvalue weighted by atomic mass is 10.3. The van der Waals surface area contributed by atoms with Crippen LogP contribution in [-0.2, 0) is 17.6 Å². The van der Waals surface area contributed by atoms with E-state index in [2.05, 4.69) is 10.3 Å². The van der Waals surface area contributed by atoms with Crippen LogP contribution in [0.5, 0.6) is 0 Å². The summed E-state index contributed by atoms with van der Waals surface area (Å²) < 4.78 is 20.1. The van der Waals surface area contributed by atoms with Gasteiger partial charge in [-0.25, -0.2) is 9.19 Å². The van der Waals surface area contributed by atoms with Crippen LogP contribution in [0.3, 0.4) is 0 Å². The van der Waals surface area contributed by atoms with Crippen LogP contribution in [0.25, 0.3) is 0 Å². The maximum Gasteiger partial charge on any atom is 0.186 e. The zero-order valence-electron chi connectivity index (χ0n) is 8.59. The molecule has 1 unspecified atom stereocenters. The van der Waals surface area contributed by atoms with Gasteiger partial charge in [0.2, 0.25) is 0 Å². The number of halogens is 1. The van der Waals surface area contributed by atoms with Crippen molar-refractivity contribution in [3.63, 3.8) is 0 Å². The fourth-order valence-corrected chi connectivity index (χ4v) is 2.53. The topological polar surface area (TPSA) is 62.2 Å². The van der Waals surface area contributed by atoms with E-state index in [4.69, 9.17) is 16.2 Å². The highest BCUT2D eigenvalue weighted by Crippen LogP contribution is 2.19. The van der Waals surface area contributed by atoms with E-state index < -0.39 is 11.1 Å². The molecule has 0 saturated carbocycles. The van der Waals surface area contributed by atoms with E-state index in [-0.39, 0.29) is 0 Å². The molecule has 0 aliphatic rings. The van der Waals surface area contributed by atoms with Crippen molar-refractivity contribution in [2.24, 2.45) is 0 Å². The van der Waals surface area contributed by atoms with Gasteiger partial charge in [-0.3, -0.25) is 0 Å². The first kappa shape index (κ1) is 12.5. The molecule has 0 fully saturated rings. The van der Waals surface area contributed by atoms with Gasteiger partial charge in [-0.05, 0) is 24.3 Å². The number of hydrogen-bond donors (Lipinski definition) is 2. The van der Waals surface area contributed by atoms with Crippen molar-refractivity contribution < 1.29 is 8.76 Å². The summed E-state index contributed by atoms with van der Waals surface area (Å²) in [5.41, 5.74) is 0.878. The van der Waals surface area contributed by atoms with Crippen LogP contribution >= 0.6 is 22.9 Å². The van der Waals surface area contributed by atoms with Crippen LogP contribution in [0.4, 0.5) is 5.69 Å². The number of hydrogen-bond acceptors (Lipinski definition) is 4. The molecule has 1 aromatic carbocycles. The third-order valence-corrected chi connectivity index (χ3v) is 3.84. The molecule has 1 atom stereocenters. The number of nitrogens with zero attached hydrogens (tertiary/aromatic N) is 1. The van der Waals surface area contributed by atoms with Crippen LogP contribution in [0, 0.1) is 0 Å². The average Bonchev–Trinajstić information content (AvgIpc) is 2.73. The summed E-state index contributed by atoms with van der Waals surface area (Å²) in [5, 5.41) is 3.17. The second-order valence-electron chi connectivity index (χ2n) is 3.21. The van der Waals surface area contributed by atoms with E-state index >= 15 is 0 Å². The van der Waals surface area contributed by atoms with Gasteiger partial charge >= 0.3 is 0 Å². The van der Waals surface area contributed by atoms with E-state index in [0.717, 1.165) is 10.6 Å². The van der Waals surface area contributed by atoms with Crippen molar-refractivity contribution in [2.45, 2.75) is 11.4 Å². The van der Waals surface area contributed by atoms with Gasteiger partial charge in [0.05, 0.1) is 11.4 Å². The lowest BCUT2D eigenvalue weighted by Crippen LogP contribution is -1.97. The van der Waals surface area contributed by atoms with Crippen LogP contribution in [-0.4, -0.2) is 13.7 Å². The number of aromatic nitrogens is 1. The second kappa shape index (κ2) is 5.59. The van der Waals surface area contributed by atoms with Gasteiger partial charge in [0.15, 0.2) is 15.5 Å². The van der Waals surface area contributed by atoms with Crippen molar-refractivity contribution >= 4 is 39.7 Å². The molecule has 90 valence electrons. The Hall–Kier alpha value is -0.950. The van der Waals surface area contributed by atoms with Gasteiger partial charge in [0.25, 0.3) is 0 Å². The van der Waals surface area contributed by atoms with Gasteiger partial charge in [-0.1, -0.05) is 11.6 Å². The standard InChI is InChI=1S/C10H9ClN2O2S2/c11-10-13-6-8(16-10)5-12-7-1-3-9(4-2-7)17(14)15/h1-4,6,12H,5H2,(H,14,15). The van der Waals surface area contributed by atoms with Gasteiger partial charge in [-0.15, -0.1) is 11.3 Å². The quantitative estimate of drug-likeness (QED) is 0.849. The number of thiazole rings is 1. The Labute approximate surface area is 110 Å². The molecule has 2 rings (SSSR count). The molecule has 0 aliphatic carbocycles. The molecule has 0 saturated heterocycles. The third-order valence-electron chi connectivity index (χ3n) is 2.05. The molecule has 4 nitrogen and oxygen atoms in total. The summed E-state index contributed by atoms with van der Waals surface area (Å²) in [6.07, 6.45) is 1.72. The van der Waals surface area contributed by atoms with Crippen molar-refractivity contribution in [1.82, 2.24) is 4.98 Å². The average molecular weight is 289 g/mol. The molecule has 2 aromatic rings. The van der Waals surface area contributed by atoms with Crippen molar-refractivity contribution in [3.8, 4) is 0 Å². The minimum Gasteiger partial charge on any atom is -0.380 e. The first-order valence-corrected chi connectivity index (χ1v) is 7.00. The summed E-state index contributed by atoms with van der Waals surface area (Å²) >= 11 is 5.21. The molecular formula is C10H9ClN2O2S2. The molecule has 2 N–H and O–H groups in total. The predicted molar refractivity (Wildman–Crippen MR) is 69.9 cm³/mol. The van der Waals surface area contributed by atoms with Crippen molar-refractivity contribution in [1.29, 1.82) is 0 Å². The van der Waals surface area contributed by atoms with Crippen molar-refractivity contribution in [3.05, 3.63) is 39.8 Å². The third kappa shape index (κ3) is 3.50. The summed E-state index contributed by atoms with van der Waals surface area (Å²) in [5.74, 6) is 0. The number of rotatable bonds is 4. The molecule has 0 spiro atoms. The minimum absolute atomic E-state index is 0.386. The Kier molecular flexibility index (Phi) is 4.11. The maximum absolute atomic E-state index is 10.8. The summed E-state index contributed by atoms with van der Waals surface area (Å²) in [4.78, 5) is 5.35. The summed E-state index contributed by atoms with van der Waals surface area (Å²) in [7, 11) is 0. The Bertz CT molecular complexity index is 527. The zero-order chi connectivity index (χ0) is 12.3. The largest absolute Gasteiger partial charge is 0.380 e. The molecule has 0 aliphatic heterocycles. The van der Waals surface area contributed by atoms with Gasteiger partial charge < -0.3 is 9.87 Å². The molecular weight excluding hydrogens is 280 g/mol. The normalized spacial score (nSPS) is 12.4. The summed E-state index contributed by atoms with van der Waals surface area (Å²) in [6, 6.07) is 6.73. The number of nitrogens with one attached hydrogen (secondary N) is 1. The highest BCUT2D eigenvalue weighted by molar-refractivity contribution is 7.79. The predicted octanol–water partition coefficient (Wildman–Crippen LogP) is 2.99. The van der Waals surface area contributed by atoms with E-state index in [9.17, 15) is 4.21 Å². The molecule has 0 radical (unpaired) electrons. The first-order chi connectivity index (χ1) is 8.15. The first-order valence-electron chi connectivity index (χ1n) is 4.70. The monoisotopic (exact) mass is 288 g/mol. The highest BCUT2D eigenvalue weighted by Gasteiger charge is 2.01. The lowest BCUT2D eigenvalue weighted by Gasteiger charge is -2.04. The number of benzene rings is 1. The lowest BCUT2D eigenvalue weighted by molar-refractivity contribution is 0.564. The summed E-state index contributed by atoms with van der Waals surface area (Å²) in [6.45, 7) is 0.631. The van der Waals surface area contributed by atoms with Crippen LogP contribution < -0.4 is 5.32 Å². The smallest absolute Gasteiger partial charge is 0.186 e. The van der Waals surface area contributed by atoms with Gasteiger partial charge in [-0.2, -0.15) is 0 Å². The van der Waals surface area contributed by atoms with Gasteiger partial charge in [0, 0.05) is 16.8 Å². The van der Waals surface area contributed by atoms with E-state index in [1.165, 1.54) is 11.3 Å². The second-order valence-corrected chi connectivity index (χ2v) is 5.87. The molecule has 0 bridgehead atoms. The van der Waals surface area contributed by atoms with E-state index in [1.54, 1.807) is 30.5 Å². The van der Waals surface area contributed by atoms with Crippen LogP contribution in [0.2, 0.25) is 4.47 Å². The molecule has 1 aromatic heterocycles.